The molecule has 0 aromatic carbocycles. The number of alkyl halides is 1. The van der Waals surface area contributed by atoms with Crippen LogP contribution in [0.3, 0.4) is 0 Å². The molecule has 0 fully saturated rings. The highest BCUT2D eigenvalue weighted by Crippen LogP contribution is 2.13. The van der Waals surface area contributed by atoms with Gasteiger partial charge in [-0.3, -0.25) is 4.98 Å². The van der Waals surface area contributed by atoms with Gasteiger partial charge in [0.25, 0.3) is 0 Å². The number of rotatable bonds is 3. The molecule has 0 radical (unpaired) electrons. The first-order chi connectivity index (χ1) is 5.38. The molecule has 1 heterocycles. The second kappa shape index (κ2) is 4.28. The summed E-state index contributed by atoms with van der Waals surface area (Å²) in [6.07, 6.45) is 3.27. The fourth-order valence-electron chi connectivity index (χ4n) is 0.703. The van der Waals surface area contributed by atoms with E-state index in [1.54, 1.807) is 12.4 Å². The number of hydrogen-bond acceptors (Lipinski definition) is 3. The predicted molar refractivity (Wildman–Crippen MR) is 45.8 cm³/mol. The van der Waals surface area contributed by atoms with Gasteiger partial charge in [0.1, 0.15) is 5.69 Å². The third kappa shape index (κ3) is 2.15. The molecule has 4 heteroatoms. The maximum atomic E-state index is 5.22. The normalized spacial score (nSPS) is 9.64. The summed E-state index contributed by atoms with van der Waals surface area (Å²) in [7, 11) is 0. The molecule has 0 spiro atoms. The van der Waals surface area contributed by atoms with Crippen LogP contribution in [0.1, 0.15) is 12.6 Å². The topological polar surface area (TPSA) is 35.0 Å². The Labute approximate surface area is 73.9 Å². The van der Waals surface area contributed by atoms with Crippen molar-refractivity contribution < 1.29 is 4.74 Å². The smallest absolute Gasteiger partial charge is 0.236 e. The van der Waals surface area contributed by atoms with E-state index in [1.165, 1.54) is 0 Å². The van der Waals surface area contributed by atoms with Crippen LogP contribution >= 0.6 is 15.9 Å². The number of aromatic nitrogens is 2. The fraction of sp³-hybridized carbons (Fsp3) is 0.429. The van der Waals surface area contributed by atoms with Crippen LogP contribution in [-0.4, -0.2) is 16.6 Å². The summed E-state index contributed by atoms with van der Waals surface area (Å²) in [4.78, 5) is 8.11. The van der Waals surface area contributed by atoms with E-state index in [0.717, 1.165) is 5.69 Å². The molecular weight excluding hydrogens is 208 g/mol. The first-order valence-electron chi connectivity index (χ1n) is 3.37. The van der Waals surface area contributed by atoms with E-state index in [-0.39, 0.29) is 0 Å². The van der Waals surface area contributed by atoms with Gasteiger partial charge in [-0.05, 0) is 6.92 Å². The van der Waals surface area contributed by atoms with Crippen molar-refractivity contribution in [3.8, 4) is 5.88 Å². The molecule has 0 saturated carbocycles. The SMILES string of the molecule is CCOc1nccnc1CBr. The minimum Gasteiger partial charge on any atom is -0.477 e. The van der Waals surface area contributed by atoms with E-state index in [0.29, 0.717) is 17.8 Å². The third-order valence-corrected chi connectivity index (χ3v) is 1.67. The summed E-state index contributed by atoms with van der Waals surface area (Å²) in [5.74, 6) is 0.617. The molecule has 0 atom stereocenters. The number of hydrogen-bond donors (Lipinski definition) is 0. The Morgan fingerprint density at radius 3 is 2.82 bits per heavy atom. The molecule has 3 nitrogen and oxygen atoms in total. The van der Waals surface area contributed by atoms with Crippen molar-refractivity contribution in [2.24, 2.45) is 0 Å². The third-order valence-electron chi connectivity index (χ3n) is 1.14. The molecule has 0 aliphatic rings. The molecule has 0 bridgehead atoms. The quantitative estimate of drug-likeness (QED) is 0.723. The van der Waals surface area contributed by atoms with Crippen LogP contribution in [0, 0.1) is 0 Å². The summed E-state index contributed by atoms with van der Waals surface area (Å²) in [6.45, 7) is 2.55. The average Bonchev–Trinajstić information content (AvgIpc) is 2.06. The summed E-state index contributed by atoms with van der Waals surface area (Å²) in [6, 6.07) is 0. The van der Waals surface area contributed by atoms with Crippen LogP contribution in [0.2, 0.25) is 0 Å². The predicted octanol–water partition coefficient (Wildman–Crippen LogP) is 1.77. The van der Waals surface area contributed by atoms with Crippen molar-refractivity contribution in [3.05, 3.63) is 18.1 Å². The molecular formula is C7H9BrN2O. The van der Waals surface area contributed by atoms with E-state index >= 15 is 0 Å². The van der Waals surface area contributed by atoms with Gasteiger partial charge in [0.15, 0.2) is 0 Å². The van der Waals surface area contributed by atoms with Crippen molar-refractivity contribution in [2.75, 3.05) is 6.61 Å². The molecule has 0 aliphatic heterocycles. The van der Waals surface area contributed by atoms with Crippen LogP contribution < -0.4 is 4.74 Å². The van der Waals surface area contributed by atoms with E-state index in [9.17, 15) is 0 Å². The Bertz CT molecular complexity index is 229. The van der Waals surface area contributed by atoms with Gasteiger partial charge < -0.3 is 4.74 Å². The lowest BCUT2D eigenvalue weighted by atomic mass is 10.5. The van der Waals surface area contributed by atoms with Gasteiger partial charge in [-0.1, -0.05) is 15.9 Å². The largest absolute Gasteiger partial charge is 0.477 e. The Morgan fingerprint density at radius 2 is 2.18 bits per heavy atom. The molecule has 0 aliphatic carbocycles. The molecule has 0 unspecified atom stereocenters. The van der Waals surface area contributed by atoms with Crippen molar-refractivity contribution in [3.63, 3.8) is 0 Å². The number of halogens is 1. The molecule has 1 rings (SSSR count). The molecule has 0 N–H and O–H groups in total. The van der Waals surface area contributed by atoms with Crippen LogP contribution in [0.25, 0.3) is 0 Å². The molecule has 60 valence electrons. The van der Waals surface area contributed by atoms with E-state index < -0.39 is 0 Å². The van der Waals surface area contributed by atoms with Crippen LogP contribution in [0.5, 0.6) is 5.88 Å². The molecule has 0 saturated heterocycles. The van der Waals surface area contributed by atoms with Gasteiger partial charge >= 0.3 is 0 Å². The zero-order valence-electron chi connectivity index (χ0n) is 6.25. The fourth-order valence-corrected chi connectivity index (χ4v) is 1.09. The van der Waals surface area contributed by atoms with Gasteiger partial charge in [-0.25, -0.2) is 4.98 Å². The van der Waals surface area contributed by atoms with Crippen LogP contribution in [-0.2, 0) is 5.33 Å². The number of nitrogens with zero attached hydrogens (tertiary/aromatic N) is 2. The minimum absolute atomic E-state index is 0.617. The molecule has 11 heavy (non-hydrogen) atoms. The number of ether oxygens (including phenoxy) is 1. The summed E-state index contributed by atoms with van der Waals surface area (Å²) in [5, 5.41) is 0.677. The van der Waals surface area contributed by atoms with Gasteiger partial charge in [-0.2, -0.15) is 0 Å². The summed E-state index contributed by atoms with van der Waals surface area (Å²) >= 11 is 3.30. The minimum atomic E-state index is 0.617. The van der Waals surface area contributed by atoms with Gasteiger partial charge in [0.2, 0.25) is 5.88 Å². The van der Waals surface area contributed by atoms with Gasteiger partial charge in [-0.15, -0.1) is 0 Å². The van der Waals surface area contributed by atoms with Crippen molar-refractivity contribution in [1.82, 2.24) is 9.97 Å². The van der Waals surface area contributed by atoms with Crippen LogP contribution in [0.15, 0.2) is 12.4 Å². The van der Waals surface area contributed by atoms with Crippen molar-refractivity contribution in [1.29, 1.82) is 0 Å². The lowest BCUT2D eigenvalue weighted by Crippen LogP contribution is -1.99. The molecule has 1 aromatic heterocycles. The molecule has 0 amide bonds. The van der Waals surface area contributed by atoms with E-state index in [1.807, 2.05) is 6.92 Å². The second-order valence-electron chi connectivity index (χ2n) is 1.87. The van der Waals surface area contributed by atoms with Crippen molar-refractivity contribution in [2.45, 2.75) is 12.3 Å². The van der Waals surface area contributed by atoms with Gasteiger partial charge in [0.05, 0.1) is 11.9 Å². The highest BCUT2D eigenvalue weighted by Gasteiger charge is 2.01. The molecule has 1 aromatic rings. The Morgan fingerprint density at radius 1 is 1.45 bits per heavy atom. The van der Waals surface area contributed by atoms with Gasteiger partial charge in [0, 0.05) is 12.4 Å². The Kier molecular flexibility index (Phi) is 3.29. The highest BCUT2D eigenvalue weighted by molar-refractivity contribution is 9.08. The maximum absolute atomic E-state index is 5.22. The lowest BCUT2D eigenvalue weighted by molar-refractivity contribution is 0.322. The second-order valence-corrected chi connectivity index (χ2v) is 2.44. The first kappa shape index (κ1) is 8.46. The zero-order chi connectivity index (χ0) is 8.10. The Balaban J connectivity index is 2.83. The van der Waals surface area contributed by atoms with E-state index in [4.69, 9.17) is 4.74 Å². The van der Waals surface area contributed by atoms with E-state index in [2.05, 4.69) is 25.9 Å². The first-order valence-corrected chi connectivity index (χ1v) is 4.49. The monoisotopic (exact) mass is 216 g/mol. The maximum Gasteiger partial charge on any atom is 0.236 e. The zero-order valence-corrected chi connectivity index (χ0v) is 7.84. The lowest BCUT2D eigenvalue weighted by Gasteiger charge is -2.03. The Hall–Kier alpha value is -0.640. The van der Waals surface area contributed by atoms with Crippen LogP contribution in [0.4, 0.5) is 0 Å². The van der Waals surface area contributed by atoms with Crippen molar-refractivity contribution >= 4 is 15.9 Å². The highest BCUT2D eigenvalue weighted by atomic mass is 79.9. The average molecular weight is 217 g/mol. The summed E-state index contributed by atoms with van der Waals surface area (Å²) < 4.78 is 5.22. The summed E-state index contributed by atoms with van der Waals surface area (Å²) in [5.41, 5.74) is 0.842. The standard InChI is InChI=1S/C7H9BrN2O/c1-2-11-7-6(5-8)9-3-4-10-7/h3-4H,2,5H2,1H3.